The highest BCUT2D eigenvalue weighted by Gasteiger charge is 2.26. The number of carbonyl (C=O) groups excluding carboxylic acids is 1. The number of fused-ring (bicyclic) bond motifs is 1. The average Bonchev–Trinajstić information content (AvgIpc) is 3.02. The Morgan fingerprint density at radius 2 is 1.81 bits per heavy atom. The van der Waals surface area contributed by atoms with E-state index in [1.54, 1.807) is 30.5 Å². The van der Waals surface area contributed by atoms with Crippen LogP contribution in [0.2, 0.25) is 0 Å². The second kappa shape index (κ2) is 8.75. The summed E-state index contributed by atoms with van der Waals surface area (Å²) in [5, 5.41) is 5.83. The molecule has 2 N–H and O–H groups in total. The Hall–Kier alpha value is -2.49. The zero-order valence-corrected chi connectivity index (χ0v) is 16.1. The summed E-state index contributed by atoms with van der Waals surface area (Å²) in [6.45, 7) is 0. The van der Waals surface area contributed by atoms with Gasteiger partial charge in [0, 0.05) is 11.6 Å². The number of rotatable bonds is 5. The molecule has 0 unspecified atom stereocenters. The lowest BCUT2D eigenvalue weighted by Crippen LogP contribution is -2.04. The lowest BCUT2D eigenvalue weighted by molar-refractivity contribution is -0.105. The van der Waals surface area contributed by atoms with E-state index in [0.717, 1.165) is 11.3 Å². The van der Waals surface area contributed by atoms with E-state index in [1.165, 1.54) is 19.2 Å². The van der Waals surface area contributed by atoms with Gasteiger partial charge in [-0.2, -0.15) is 0 Å². The first kappa shape index (κ1) is 19.8. The van der Waals surface area contributed by atoms with Crippen LogP contribution in [0.25, 0.3) is 10.2 Å². The van der Waals surface area contributed by atoms with Crippen molar-refractivity contribution in [1.82, 2.24) is 10.3 Å². The van der Waals surface area contributed by atoms with Gasteiger partial charge in [0.1, 0.15) is 10.6 Å². The van der Waals surface area contributed by atoms with Crippen molar-refractivity contribution in [3.8, 4) is 5.75 Å². The van der Waals surface area contributed by atoms with Crippen molar-refractivity contribution >= 4 is 43.5 Å². The Balaban J connectivity index is 0.000000758. The van der Waals surface area contributed by atoms with Crippen LogP contribution in [-0.4, -0.2) is 41.0 Å². The molecule has 0 radical (unpaired) electrons. The molecule has 0 atom stereocenters. The molecule has 0 saturated heterocycles. The van der Waals surface area contributed by atoms with E-state index < -0.39 is 9.84 Å². The van der Waals surface area contributed by atoms with Gasteiger partial charge in [-0.3, -0.25) is 4.79 Å². The summed E-state index contributed by atoms with van der Waals surface area (Å²) in [7, 11) is 1.48. The molecule has 1 aromatic carbocycles. The molecule has 3 rings (SSSR count). The number of anilines is 1. The van der Waals surface area contributed by atoms with Gasteiger partial charge in [0.15, 0.2) is 4.21 Å². The van der Waals surface area contributed by atoms with Gasteiger partial charge >= 0.3 is 0 Å². The number of nitrogens with zero attached hydrogens (tertiary/aromatic N) is 1. The van der Waals surface area contributed by atoms with Crippen molar-refractivity contribution in [2.45, 2.75) is 9.10 Å². The number of hydrogen-bond acceptors (Lipinski definition) is 7. The molecule has 0 aliphatic heterocycles. The van der Waals surface area contributed by atoms with Gasteiger partial charge in [0.25, 0.3) is 0 Å². The summed E-state index contributed by atoms with van der Waals surface area (Å²) in [6, 6.07) is 9.50. The summed E-state index contributed by atoms with van der Waals surface area (Å²) >= 11 is 1.02. The fourth-order valence-electron chi connectivity index (χ4n) is 2.16. The quantitative estimate of drug-likeness (QED) is 0.647. The van der Waals surface area contributed by atoms with E-state index in [9.17, 15) is 13.2 Å². The smallest absolute Gasteiger partial charge is 0.218 e. The number of amides is 1. The molecule has 3 aromatic rings. The number of methoxy groups -OCH3 is 1. The molecule has 0 spiro atoms. The second-order valence-corrected chi connectivity index (χ2v) is 8.21. The number of carbonyl (C=O) groups is 1. The minimum Gasteiger partial charge on any atom is -0.497 e. The van der Waals surface area contributed by atoms with E-state index in [-0.39, 0.29) is 14.8 Å². The Morgan fingerprint density at radius 1 is 1.15 bits per heavy atom. The average molecular weight is 393 g/mol. The van der Waals surface area contributed by atoms with Gasteiger partial charge in [0.05, 0.1) is 17.7 Å². The molecule has 0 saturated carbocycles. The van der Waals surface area contributed by atoms with Gasteiger partial charge in [-0.05, 0) is 50.5 Å². The summed E-state index contributed by atoms with van der Waals surface area (Å²) < 4.78 is 30.9. The fraction of sp³-hybridized carbons (Fsp3) is 0.176. The van der Waals surface area contributed by atoms with Gasteiger partial charge in [-0.15, -0.1) is 11.3 Å². The number of nitrogens with one attached hydrogen (secondary N) is 2. The monoisotopic (exact) mass is 393 g/mol. The van der Waals surface area contributed by atoms with E-state index in [4.69, 9.17) is 4.74 Å². The standard InChI is InChI=1S/C15H12N2O4S2.C2H7N/c1-21-10-4-6-11(7-5-10)23(19,20)15-13(17-9-18)12-3-2-8-16-14(12)22-15;1-3-2/h2-9H,1H3,(H,17,18);3H,1-2H3. The fourth-order valence-corrected chi connectivity index (χ4v) is 5.11. The summed E-state index contributed by atoms with van der Waals surface area (Å²) in [5.41, 5.74) is 0.254. The van der Waals surface area contributed by atoms with Gasteiger partial charge in [-0.1, -0.05) is 0 Å². The molecule has 2 heterocycles. The molecule has 9 heteroatoms. The lowest BCUT2D eigenvalue weighted by atomic mass is 10.3. The van der Waals surface area contributed by atoms with Crippen LogP contribution in [0.5, 0.6) is 5.75 Å². The van der Waals surface area contributed by atoms with Crippen LogP contribution >= 0.6 is 11.3 Å². The van der Waals surface area contributed by atoms with Crippen LogP contribution in [0.4, 0.5) is 5.69 Å². The molecule has 0 fully saturated rings. The first-order valence-electron chi connectivity index (χ1n) is 7.55. The Kier molecular flexibility index (Phi) is 6.67. The number of hydrogen-bond donors (Lipinski definition) is 2. The first-order valence-corrected chi connectivity index (χ1v) is 9.84. The maximum absolute atomic E-state index is 12.9. The van der Waals surface area contributed by atoms with Crippen molar-refractivity contribution in [3.05, 3.63) is 42.6 Å². The van der Waals surface area contributed by atoms with E-state index in [1.807, 2.05) is 14.1 Å². The maximum Gasteiger partial charge on any atom is 0.218 e. The van der Waals surface area contributed by atoms with E-state index in [0.29, 0.717) is 22.4 Å². The number of aromatic nitrogens is 1. The molecule has 0 aliphatic carbocycles. The minimum absolute atomic E-state index is 0.0588. The molecule has 2 aromatic heterocycles. The van der Waals surface area contributed by atoms with Crippen molar-refractivity contribution in [2.24, 2.45) is 0 Å². The number of sulfone groups is 1. The molecular weight excluding hydrogens is 374 g/mol. The van der Waals surface area contributed by atoms with Crippen molar-refractivity contribution < 1.29 is 17.9 Å². The second-order valence-electron chi connectivity index (χ2n) is 5.06. The minimum atomic E-state index is -3.78. The third-order valence-electron chi connectivity index (χ3n) is 3.25. The van der Waals surface area contributed by atoms with Crippen LogP contribution in [0.3, 0.4) is 0 Å². The van der Waals surface area contributed by atoms with Gasteiger partial charge < -0.3 is 15.4 Å². The SMILES string of the molecule is CNC.COc1ccc(S(=O)(=O)c2sc3ncccc3c2NC=O)cc1. The Morgan fingerprint density at radius 3 is 2.38 bits per heavy atom. The highest BCUT2D eigenvalue weighted by Crippen LogP contribution is 2.40. The topological polar surface area (TPSA) is 97.4 Å². The van der Waals surface area contributed by atoms with Crippen LogP contribution in [0, 0.1) is 0 Å². The number of pyridine rings is 1. The summed E-state index contributed by atoms with van der Waals surface area (Å²) in [4.78, 5) is 15.7. The number of ether oxygens (including phenoxy) is 1. The highest BCUT2D eigenvalue weighted by molar-refractivity contribution is 7.93. The molecule has 1 amide bonds. The largest absolute Gasteiger partial charge is 0.497 e. The van der Waals surface area contributed by atoms with Crippen molar-refractivity contribution in [1.29, 1.82) is 0 Å². The Bertz CT molecular complexity index is 983. The van der Waals surface area contributed by atoms with E-state index >= 15 is 0 Å². The molecule has 26 heavy (non-hydrogen) atoms. The van der Waals surface area contributed by atoms with Crippen LogP contribution < -0.4 is 15.4 Å². The zero-order valence-electron chi connectivity index (χ0n) is 14.5. The van der Waals surface area contributed by atoms with Crippen molar-refractivity contribution in [3.63, 3.8) is 0 Å². The van der Waals surface area contributed by atoms with Crippen LogP contribution in [0.15, 0.2) is 51.7 Å². The predicted octanol–water partition coefficient (Wildman–Crippen LogP) is 2.54. The third-order valence-corrected chi connectivity index (χ3v) is 6.65. The third kappa shape index (κ3) is 4.01. The lowest BCUT2D eigenvalue weighted by Gasteiger charge is -2.06. The van der Waals surface area contributed by atoms with Crippen molar-refractivity contribution in [2.75, 3.05) is 26.5 Å². The molecular formula is C17H19N3O4S2. The summed E-state index contributed by atoms with van der Waals surface area (Å²) in [5.74, 6) is 0.563. The van der Waals surface area contributed by atoms with Gasteiger partial charge in [0.2, 0.25) is 16.2 Å². The highest BCUT2D eigenvalue weighted by atomic mass is 32.2. The first-order chi connectivity index (χ1) is 12.5. The normalized spacial score (nSPS) is 10.7. The van der Waals surface area contributed by atoms with Crippen LogP contribution in [-0.2, 0) is 14.6 Å². The van der Waals surface area contributed by atoms with E-state index in [2.05, 4.69) is 15.6 Å². The number of benzene rings is 1. The molecule has 0 aliphatic rings. The van der Waals surface area contributed by atoms with Crippen LogP contribution in [0.1, 0.15) is 0 Å². The zero-order chi connectivity index (χ0) is 19.2. The molecule has 138 valence electrons. The van der Waals surface area contributed by atoms with Gasteiger partial charge in [-0.25, -0.2) is 13.4 Å². The molecule has 7 nitrogen and oxygen atoms in total. The molecule has 0 bridgehead atoms. The number of thiophene rings is 1. The Labute approximate surface area is 155 Å². The predicted molar refractivity (Wildman–Crippen MR) is 103 cm³/mol. The summed E-state index contributed by atoms with van der Waals surface area (Å²) in [6.07, 6.45) is 2.04. The maximum atomic E-state index is 12.9.